The third kappa shape index (κ3) is 3.93. The minimum absolute atomic E-state index is 0.0175. The summed E-state index contributed by atoms with van der Waals surface area (Å²) in [5.74, 6) is 0.0731. The Bertz CT molecular complexity index is 896. The number of carbonyl (C=O) groups excluding carboxylic acids is 2. The zero-order valence-corrected chi connectivity index (χ0v) is 15.6. The van der Waals surface area contributed by atoms with Gasteiger partial charge >= 0.3 is 0 Å². The van der Waals surface area contributed by atoms with Gasteiger partial charge in [-0.25, -0.2) is 0 Å². The number of benzene rings is 1. The first-order valence-corrected chi connectivity index (χ1v) is 9.77. The molecule has 4 rings (SSSR count). The lowest BCUT2D eigenvalue weighted by atomic mass is 10.1. The largest absolute Gasteiger partial charge is 0.335 e. The zero-order valence-electron chi connectivity index (χ0n) is 14.8. The number of hydrogen-bond donors (Lipinski definition) is 0. The van der Waals surface area contributed by atoms with Gasteiger partial charge in [-0.2, -0.15) is 5.10 Å². The van der Waals surface area contributed by atoms with Crippen molar-refractivity contribution in [2.75, 3.05) is 26.2 Å². The van der Waals surface area contributed by atoms with E-state index in [0.717, 1.165) is 10.4 Å². The molecule has 1 aromatic carbocycles. The quantitative estimate of drug-likeness (QED) is 0.699. The number of aromatic nitrogens is 2. The minimum atomic E-state index is 0.0175. The molecule has 0 N–H and O–H groups in total. The van der Waals surface area contributed by atoms with Crippen LogP contribution in [0.4, 0.5) is 0 Å². The van der Waals surface area contributed by atoms with Crippen LogP contribution in [0.1, 0.15) is 25.6 Å². The van der Waals surface area contributed by atoms with Gasteiger partial charge in [-0.1, -0.05) is 18.2 Å². The first kappa shape index (κ1) is 17.5. The molecule has 1 aliphatic heterocycles. The Balaban J connectivity index is 1.34. The SMILES string of the molecule is O=C(c1ccc(Cn2cccn2)cc1)N1CCN(C(=O)c2cccs2)CC1. The van der Waals surface area contributed by atoms with E-state index in [0.29, 0.717) is 38.3 Å². The topological polar surface area (TPSA) is 58.4 Å². The maximum Gasteiger partial charge on any atom is 0.264 e. The van der Waals surface area contributed by atoms with E-state index in [9.17, 15) is 9.59 Å². The van der Waals surface area contributed by atoms with Crippen LogP contribution in [-0.2, 0) is 6.54 Å². The van der Waals surface area contributed by atoms with Crippen LogP contribution >= 0.6 is 11.3 Å². The van der Waals surface area contributed by atoms with Crippen LogP contribution in [0.3, 0.4) is 0 Å². The van der Waals surface area contributed by atoms with Gasteiger partial charge in [-0.15, -0.1) is 11.3 Å². The van der Waals surface area contributed by atoms with Gasteiger partial charge in [0.15, 0.2) is 0 Å². The van der Waals surface area contributed by atoms with Crippen LogP contribution in [0.2, 0.25) is 0 Å². The Labute approximate surface area is 161 Å². The Kier molecular flexibility index (Phi) is 5.02. The lowest BCUT2D eigenvalue weighted by Gasteiger charge is -2.34. The monoisotopic (exact) mass is 380 g/mol. The number of amides is 2. The fourth-order valence-corrected chi connectivity index (χ4v) is 3.88. The second-order valence-corrected chi connectivity index (χ2v) is 7.41. The van der Waals surface area contributed by atoms with E-state index in [-0.39, 0.29) is 11.8 Å². The smallest absolute Gasteiger partial charge is 0.264 e. The first-order valence-electron chi connectivity index (χ1n) is 8.89. The lowest BCUT2D eigenvalue weighted by molar-refractivity contribution is 0.0538. The summed E-state index contributed by atoms with van der Waals surface area (Å²) in [5.41, 5.74) is 1.78. The highest BCUT2D eigenvalue weighted by Gasteiger charge is 2.25. The molecule has 27 heavy (non-hydrogen) atoms. The highest BCUT2D eigenvalue weighted by atomic mass is 32.1. The summed E-state index contributed by atoms with van der Waals surface area (Å²) < 4.78 is 1.85. The van der Waals surface area contributed by atoms with Crippen molar-refractivity contribution in [1.82, 2.24) is 19.6 Å². The normalized spacial score (nSPS) is 14.4. The molecule has 3 aromatic rings. The molecule has 0 aliphatic carbocycles. The number of thiophene rings is 1. The Morgan fingerprint density at radius 2 is 1.63 bits per heavy atom. The third-order valence-corrected chi connectivity index (χ3v) is 5.55. The number of nitrogens with zero attached hydrogens (tertiary/aromatic N) is 4. The molecule has 0 radical (unpaired) electrons. The standard InChI is InChI=1S/C20H20N4O2S/c25-19(17-6-4-16(5-7-17)15-24-9-2-8-21-24)22-10-12-23(13-11-22)20(26)18-3-1-14-27-18/h1-9,14H,10-13,15H2. The molecular formula is C20H20N4O2S. The van der Waals surface area contributed by atoms with Crippen molar-refractivity contribution in [3.8, 4) is 0 Å². The zero-order chi connectivity index (χ0) is 18.6. The molecule has 1 aliphatic rings. The summed E-state index contributed by atoms with van der Waals surface area (Å²) in [6, 6.07) is 13.3. The molecule has 6 nitrogen and oxygen atoms in total. The van der Waals surface area contributed by atoms with E-state index in [1.54, 1.807) is 6.20 Å². The van der Waals surface area contributed by atoms with Crippen LogP contribution in [0.5, 0.6) is 0 Å². The molecule has 0 spiro atoms. The lowest BCUT2D eigenvalue weighted by Crippen LogP contribution is -2.50. The molecule has 2 amide bonds. The van der Waals surface area contributed by atoms with E-state index >= 15 is 0 Å². The molecule has 0 bridgehead atoms. The van der Waals surface area contributed by atoms with Crippen LogP contribution in [-0.4, -0.2) is 57.6 Å². The van der Waals surface area contributed by atoms with Crippen molar-refractivity contribution >= 4 is 23.2 Å². The summed E-state index contributed by atoms with van der Waals surface area (Å²) in [6.45, 7) is 2.95. The van der Waals surface area contributed by atoms with Crippen LogP contribution < -0.4 is 0 Å². The third-order valence-electron chi connectivity index (χ3n) is 4.69. The summed E-state index contributed by atoms with van der Waals surface area (Å²) in [6.07, 6.45) is 3.66. The average molecular weight is 380 g/mol. The second kappa shape index (κ2) is 7.75. The summed E-state index contributed by atoms with van der Waals surface area (Å²) >= 11 is 1.45. The predicted octanol–water partition coefficient (Wildman–Crippen LogP) is 2.59. The van der Waals surface area contributed by atoms with Crippen molar-refractivity contribution in [1.29, 1.82) is 0 Å². The van der Waals surface area contributed by atoms with Gasteiger partial charge in [0.05, 0.1) is 11.4 Å². The van der Waals surface area contributed by atoms with E-state index < -0.39 is 0 Å². The molecule has 0 atom stereocenters. The van der Waals surface area contributed by atoms with E-state index in [2.05, 4.69) is 5.10 Å². The molecule has 7 heteroatoms. The number of carbonyl (C=O) groups is 2. The number of piperazine rings is 1. The van der Waals surface area contributed by atoms with Gasteiger partial charge < -0.3 is 9.80 Å². The summed E-state index contributed by atoms with van der Waals surface area (Å²) in [5, 5.41) is 6.10. The van der Waals surface area contributed by atoms with Crippen molar-refractivity contribution in [3.05, 3.63) is 76.2 Å². The van der Waals surface area contributed by atoms with E-state index in [4.69, 9.17) is 0 Å². The molecule has 1 fully saturated rings. The maximum absolute atomic E-state index is 12.7. The van der Waals surface area contributed by atoms with Gasteiger partial charge in [0, 0.05) is 44.1 Å². The molecule has 138 valence electrons. The first-order chi connectivity index (χ1) is 13.2. The second-order valence-electron chi connectivity index (χ2n) is 6.46. The van der Waals surface area contributed by atoms with Gasteiger partial charge in [0.1, 0.15) is 0 Å². The Morgan fingerprint density at radius 1 is 0.926 bits per heavy atom. The fraction of sp³-hybridized carbons (Fsp3) is 0.250. The minimum Gasteiger partial charge on any atom is -0.335 e. The maximum atomic E-state index is 12.7. The van der Waals surface area contributed by atoms with E-state index in [1.165, 1.54) is 11.3 Å². The van der Waals surface area contributed by atoms with Crippen molar-refractivity contribution in [3.63, 3.8) is 0 Å². The Morgan fingerprint density at radius 3 is 2.22 bits per heavy atom. The van der Waals surface area contributed by atoms with Gasteiger partial charge in [-0.3, -0.25) is 14.3 Å². The van der Waals surface area contributed by atoms with Crippen LogP contribution in [0, 0.1) is 0 Å². The summed E-state index contributed by atoms with van der Waals surface area (Å²) in [7, 11) is 0. The summed E-state index contributed by atoms with van der Waals surface area (Å²) in [4.78, 5) is 29.5. The molecule has 0 unspecified atom stereocenters. The molecule has 3 heterocycles. The van der Waals surface area contributed by atoms with Crippen LogP contribution in [0.15, 0.2) is 60.2 Å². The molecule has 1 saturated heterocycles. The van der Waals surface area contributed by atoms with Crippen molar-refractivity contribution in [2.45, 2.75) is 6.54 Å². The van der Waals surface area contributed by atoms with Gasteiger partial charge in [-0.05, 0) is 35.2 Å². The highest BCUT2D eigenvalue weighted by Crippen LogP contribution is 2.15. The Hall–Kier alpha value is -2.93. The molecule has 0 saturated carbocycles. The van der Waals surface area contributed by atoms with Gasteiger partial charge in [0.25, 0.3) is 11.8 Å². The highest BCUT2D eigenvalue weighted by molar-refractivity contribution is 7.12. The molecular weight excluding hydrogens is 360 g/mol. The van der Waals surface area contributed by atoms with Crippen molar-refractivity contribution in [2.24, 2.45) is 0 Å². The number of rotatable bonds is 4. The van der Waals surface area contributed by atoms with Crippen LogP contribution in [0.25, 0.3) is 0 Å². The number of hydrogen-bond acceptors (Lipinski definition) is 4. The van der Waals surface area contributed by atoms with Crippen molar-refractivity contribution < 1.29 is 9.59 Å². The fourth-order valence-electron chi connectivity index (χ4n) is 3.19. The predicted molar refractivity (Wildman–Crippen MR) is 104 cm³/mol. The average Bonchev–Trinajstić information content (AvgIpc) is 3.42. The van der Waals surface area contributed by atoms with Gasteiger partial charge in [0.2, 0.25) is 0 Å². The molecule has 2 aromatic heterocycles. The van der Waals surface area contributed by atoms with E-state index in [1.807, 2.05) is 68.5 Å².